The molecule has 0 aliphatic heterocycles. The van der Waals surface area contributed by atoms with E-state index in [9.17, 15) is 9.59 Å². The van der Waals surface area contributed by atoms with Crippen molar-refractivity contribution in [3.63, 3.8) is 0 Å². The lowest BCUT2D eigenvalue weighted by molar-refractivity contribution is -0.144. The molecule has 0 atom stereocenters. The SMILES string of the molecule is CCCCCCCC(=O)NCCCCCCCC(=O)ON. The molecule has 0 radical (unpaired) electrons. The standard InChI is InChI=1S/C16H32N2O3/c1-2-3-4-6-9-12-15(19)18-14-11-8-5-7-10-13-16(20)21-17/h2-14,17H2,1H3,(H,18,19). The molecule has 0 spiro atoms. The summed E-state index contributed by atoms with van der Waals surface area (Å²) in [6.45, 7) is 2.95. The van der Waals surface area contributed by atoms with Crippen LogP contribution in [0.4, 0.5) is 0 Å². The number of unbranched alkanes of at least 4 members (excludes halogenated alkanes) is 8. The molecule has 0 fully saturated rings. The van der Waals surface area contributed by atoms with Crippen LogP contribution in [0.15, 0.2) is 0 Å². The van der Waals surface area contributed by atoms with Crippen LogP contribution < -0.4 is 11.2 Å². The highest BCUT2D eigenvalue weighted by atomic mass is 16.7. The molecule has 0 rings (SSSR count). The van der Waals surface area contributed by atoms with Crippen molar-refractivity contribution < 1.29 is 14.4 Å². The van der Waals surface area contributed by atoms with Crippen LogP contribution in [0.3, 0.4) is 0 Å². The number of nitrogens with two attached hydrogens (primary N) is 1. The quantitative estimate of drug-likeness (QED) is 0.381. The van der Waals surface area contributed by atoms with E-state index in [0.29, 0.717) is 12.8 Å². The predicted octanol–water partition coefficient (Wildman–Crippen LogP) is 3.22. The van der Waals surface area contributed by atoms with E-state index in [0.717, 1.165) is 51.5 Å². The molecule has 0 aliphatic rings. The minimum absolute atomic E-state index is 0.178. The van der Waals surface area contributed by atoms with Crippen molar-refractivity contribution in [3.05, 3.63) is 0 Å². The Bertz CT molecular complexity index is 270. The summed E-state index contributed by atoms with van der Waals surface area (Å²) in [4.78, 5) is 26.4. The zero-order valence-corrected chi connectivity index (χ0v) is 13.5. The fourth-order valence-electron chi connectivity index (χ4n) is 2.19. The highest BCUT2D eigenvalue weighted by Crippen LogP contribution is 2.06. The van der Waals surface area contributed by atoms with Gasteiger partial charge in [-0.2, -0.15) is 5.90 Å². The molecule has 1 amide bonds. The molecule has 0 unspecified atom stereocenters. The smallest absolute Gasteiger partial charge is 0.324 e. The summed E-state index contributed by atoms with van der Waals surface area (Å²) in [5.41, 5.74) is 0. The third kappa shape index (κ3) is 15.1. The second kappa shape index (κ2) is 15.3. The van der Waals surface area contributed by atoms with Gasteiger partial charge in [0, 0.05) is 19.4 Å². The summed E-state index contributed by atoms with van der Waals surface area (Å²) < 4.78 is 0. The molecule has 5 heteroatoms. The van der Waals surface area contributed by atoms with Gasteiger partial charge in [0.2, 0.25) is 5.91 Å². The van der Waals surface area contributed by atoms with Gasteiger partial charge in [-0.05, 0) is 19.3 Å². The summed E-state index contributed by atoms with van der Waals surface area (Å²) in [6.07, 6.45) is 11.9. The Labute approximate surface area is 128 Å². The zero-order chi connectivity index (χ0) is 15.8. The van der Waals surface area contributed by atoms with Crippen LogP contribution in [-0.2, 0) is 14.4 Å². The monoisotopic (exact) mass is 300 g/mol. The first-order chi connectivity index (χ1) is 10.2. The number of rotatable bonds is 14. The van der Waals surface area contributed by atoms with Gasteiger partial charge in [0.1, 0.15) is 0 Å². The first kappa shape index (κ1) is 19.9. The maximum Gasteiger partial charge on any atom is 0.324 e. The van der Waals surface area contributed by atoms with Gasteiger partial charge in [0.05, 0.1) is 0 Å². The first-order valence-electron chi connectivity index (χ1n) is 8.37. The molecule has 0 heterocycles. The van der Waals surface area contributed by atoms with Crippen molar-refractivity contribution in [2.75, 3.05) is 6.54 Å². The Hall–Kier alpha value is -1.10. The average molecular weight is 300 g/mol. The van der Waals surface area contributed by atoms with E-state index in [1.54, 1.807) is 0 Å². The number of nitrogens with one attached hydrogen (secondary N) is 1. The molecule has 0 aromatic carbocycles. The van der Waals surface area contributed by atoms with E-state index in [1.165, 1.54) is 19.3 Å². The van der Waals surface area contributed by atoms with Crippen molar-refractivity contribution in [2.24, 2.45) is 5.90 Å². The van der Waals surface area contributed by atoms with E-state index in [-0.39, 0.29) is 11.9 Å². The van der Waals surface area contributed by atoms with Gasteiger partial charge >= 0.3 is 5.97 Å². The molecule has 0 bridgehead atoms. The second-order valence-electron chi connectivity index (χ2n) is 5.52. The molecule has 0 aromatic heterocycles. The number of hydrogen-bond donors (Lipinski definition) is 2. The van der Waals surface area contributed by atoms with E-state index in [1.807, 2.05) is 0 Å². The van der Waals surface area contributed by atoms with Gasteiger partial charge in [-0.3, -0.25) is 9.59 Å². The molecule has 0 saturated carbocycles. The maximum absolute atomic E-state index is 11.5. The van der Waals surface area contributed by atoms with Crippen LogP contribution in [-0.4, -0.2) is 18.4 Å². The summed E-state index contributed by atoms with van der Waals surface area (Å²) >= 11 is 0. The fourth-order valence-corrected chi connectivity index (χ4v) is 2.19. The second-order valence-corrected chi connectivity index (χ2v) is 5.52. The molecule has 3 N–H and O–H groups in total. The minimum Gasteiger partial charge on any atom is -0.373 e. The maximum atomic E-state index is 11.5. The molecule has 0 aromatic rings. The van der Waals surface area contributed by atoms with Gasteiger partial charge in [0.25, 0.3) is 0 Å². The minimum atomic E-state index is -0.346. The van der Waals surface area contributed by atoms with Crippen LogP contribution in [0.1, 0.15) is 84.0 Å². The van der Waals surface area contributed by atoms with E-state index >= 15 is 0 Å². The lowest BCUT2D eigenvalue weighted by Crippen LogP contribution is -2.23. The summed E-state index contributed by atoms with van der Waals surface area (Å²) in [5.74, 6) is 4.58. The van der Waals surface area contributed by atoms with Gasteiger partial charge in [-0.1, -0.05) is 51.9 Å². The Morgan fingerprint density at radius 1 is 0.857 bits per heavy atom. The third-order valence-corrected chi connectivity index (χ3v) is 3.52. The Balaban J connectivity index is 3.19. The van der Waals surface area contributed by atoms with Gasteiger partial charge in [-0.25, -0.2) is 0 Å². The summed E-state index contributed by atoms with van der Waals surface area (Å²) in [7, 11) is 0. The summed E-state index contributed by atoms with van der Waals surface area (Å²) in [6, 6.07) is 0. The van der Waals surface area contributed by atoms with Crippen molar-refractivity contribution in [2.45, 2.75) is 84.0 Å². The van der Waals surface area contributed by atoms with E-state index in [4.69, 9.17) is 5.90 Å². The lowest BCUT2D eigenvalue weighted by atomic mass is 10.1. The molecule has 5 nitrogen and oxygen atoms in total. The Morgan fingerprint density at radius 2 is 1.43 bits per heavy atom. The van der Waals surface area contributed by atoms with Gasteiger partial charge < -0.3 is 10.2 Å². The predicted molar refractivity (Wildman–Crippen MR) is 84.4 cm³/mol. The summed E-state index contributed by atoms with van der Waals surface area (Å²) in [5, 5.41) is 2.96. The average Bonchev–Trinajstić information content (AvgIpc) is 2.49. The van der Waals surface area contributed by atoms with Crippen LogP contribution >= 0.6 is 0 Å². The third-order valence-electron chi connectivity index (χ3n) is 3.52. The van der Waals surface area contributed by atoms with Crippen molar-refractivity contribution in [3.8, 4) is 0 Å². The van der Waals surface area contributed by atoms with E-state index < -0.39 is 0 Å². The number of hydrogen-bond acceptors (Lipinski definition) is 4. The highest BCUT2D eigenvalue weighted by Gasteiger charge is 2.01. The molecule has 0 aliphatic carbocycles. The van der Waals surface area contributed by atoms with Crippen molar-refractivity contribution >= 4 is 11.9 Å². The number of carbonyl (C=O) groups excluding carboxylic acids is 2. The molecule has 0 saturated heterocycles. The van der Waals surface area contributed by atoms with Crippen LogP contribution in [0.2, 0.25) is 0 Å². The first-order valence-corrected chi connectivity index (χ1v) is 8.37. The van der Waals surface area contributed by atoms with Gasteiger partial charge in [0.15, 0.2) is 0 Å². The fraction of sp³-hybridized carbons (Fsp3) is 0.875. The molecular formula is C16H32N2O3. The normalized spacial score (nSPS) is 10.4. The largest absolute Gasteiger partial charge is 0.373 e. The van der Waals surface area contributed by atoms with Crippen LogP contribution in [0.5, 0.6) is 0 Å². The molecule has 21 heavy (non-hydrogen) atoms. The Kier molecular flexibility index (Phi) is 14.5. The molecular weight excluding hydrogens is 268 g/mol. The van der Waals surface area contributed by atoms with Crippen molar-refractivity contribution in [1.29, 1.82) is 0 Å². The van der Waals surface area contributed by atoms with Crippen molar-refractivity contribution in [1.82, 2.24) is 5.32 Å². The van der Waals surface area contributed by atoms with Gasteiger partial charge in [-0.15, -0.1) is 0 Å². The van der Waals surface area contributed by atoms with E-state index in [2.05, 4.69) is 17.1 Å². The topological polar surface area (TPSA) is 81.4 Å². The highest BCUT2D eigenvalue weighted by molar-refractivity contribution is 5.75. The Morgan fingerprint density at radius 3 is 2.10 bits per heavy atom. The number of carbonyl (C=O) groups is 2. The zero-order valence-electron chi connectivity index (χ0n) is 13.5. The van der Waals surface area contributed by atoms with Crippen LogP contribution in [0.25, 0.3) is 0 Å². The van der Waals surface area contributed by atoms with Crippen LogP contribution in [0, 0.1) is 0 Å². The molecule has 124 valence electrons. The number of amides is 1. The lowest BCUT2D eigenvalue weighted by Gasteiger charge is -2.05.